The molecule has 2 N–H and O–H groups in total. The summed E-state index contributed by atoms with van der Waals surface area (Å²) in [5.41, 5.74) is 0.297. The third-order valence-corrected chi connectivity index (χ3v) is 8.49. The van der Waals surface area contributed by atoms with Crippen LogP contribution in [0.1, 0.15) is 73.5 Å². The number of nitrogens with zero attached hydrogens (tertiary/aromatic N) is 2. The summed E-state index contributed by atoms with van der Waals surface area (Å²) in [5, 5.41) is 6.91. The summed E-state index contributed by atoms with van der Waals surface area (Å²) >= 11 is 0. The monoisotopic (exact) mass is 434 g/mol. The number of carbonyl (C=O) groups is 1. The normalized spacial score (nSPS) is 32.1. The predicted molar refractivity (Wildman–Crippen MR) is 111 cm³/mol. The van der Waals surface area contributed by atoms with E-state index in [1.54, 1.807) is 10.4 Å². The third kappa shape index (κ3) is 4.48. The Morgan fingerprint density at radius 3 is 2.43 bits per heavy atom. The Kier molecular flexibility index (Phi) is 5.45. The summed E-state index contributed by atoms with van der Waals surface area (Å²) in [4.78, 5) is 12.6. The lowest BCUT2D eigenvalue weighted by Crippen LogP contribution is -2.50. The number of fused-ring (bicyclic) bond motifs is 2. The molecule has 1 aromatic rings. The molecule has 2 heterocycles. The largest absolute Gasteiger partial charge is 0.360 e. The Morgan fingerprint density at radius 1 is 1.03 bits per heavy atom. The number of amides is 1. The van der Waals surface area contributed by atoms with Gasteiger partial charge in [-0.1, -0.05) is 17.3 Å². The zero-order valence-corrected chi connectivity index (χ0v) is 17.9. The zero-order valence-electron chi connectivity index (χ0n) is 17.1. The van der Waals surface area contributed by atoms with Crippen LogP contribution in [0, 0.1) is 11.8 Å². The van der Waals surface area contributed by atoms with Gasteiger partial charge in [-0.3, -0.25) is 4.79 Å². The molecule has 1 aromatic heterocycles. The highest BCUT2D eigenvalue weighted by Gasteiger charge is 2.39. The van der Waals surface area contributed by atoms with Gasteiger partial charge >= 0.3 is 0 Å². The standard InChI is InChI=1S/C21H30N4O4S/c26-21(19-11-20(29-23-19)16-7-8-16)22-17-3-1-2-4-18(10-17)24-30(27,28)25-12-14-5-6-15(9-14)13-25/h1-2,11,14-18,24H,3-10,12-13H2,(H,22,26)/t14-,15+,17-,18-/m0/s1. The van der Waals surface area contributed by atoms with Gasteiger partial charge in [0.15, 0.2) is 5.69 Å². The van der Waals surface area contributed by atoms with Crippen molar-refractivity contribution in [3.05, 3.63) is 29.7 Å². The van der Waals surface area contributed by atoms with Gasteiger partial charge in [0.25, 0.3) is 16.1 Å². The molecule has 0 radical (unpaired) electrons. The van der Waals surface area contributed by atoms with Crippen molar-refractivity contribution in [2.75, 3.05) is 13.1 Å². The smallest absolute Gasteiger partial charge is 0.279 e. The maximum atomic E-state index is 13.0. The molecule has 0 unspecified atom stereocenters. The van der Waals surface area contributed by atoms with Gasteiger partial charge in [-0.2, -0.15) is 17.4 Å². The van der Waals surface area contributed by atoms with Crippen LogP contribution in [0.4, 0.5) is 0 Å². The minimum absolute atomic E-state index is 0.150. The molecule has 8 nitrogen and oxygen atoms in total. The molecule has 0 aromatic carbocycles. The Morgan fingerprint density at radius 2 is 1.73 bits per heavy atom. The van der Waals surface area contributed by atoms with Crippen molar-refractivity contribution in [3.8, 4) is 0 Å². The molecule has 30 heavy (non-hydrogen) atoms. The molecule has 3 aliphatic carbocycles. The van der Waals surface area contributed by atoms with Crippen LogP contribution in [0.2, 0.25) is 0 Å². The minimum atomic E-state index is -3.52. The molecular weight excluding hydrogens is 404 g/mol. The molecule has 164 valence electrons. The topological polar surface area (TPSA) is 105 Å². The summed E-state index contributed by atoms with van der Waals surface area (Å²) in [6.07, 6.45) is 11.5. The van der Waals surface area contributed by atoms with Crippen LogP contribution >= 0.6 is 0 Å². The van der Waals surface area contributed by atoms with Crippen LogP contribution in [0.5, 0.6) is 0 Å². The Hall–Kier alpha value is -1.71. The third-order valence-electron chi connectivity index (χ3n) is 6.88. The second-order valence-electron chi connectivity index (χ2n) is 9.42. The van der Waals surface area contributed by atoms with Crippen molar-refractivity contribution in [2.45, 2.75) is 69.4 Å². The molecule has 1 amide bonds. The first-order chi connectivity index (χ1) is 14.5. The van der Waals surface area contributed by atoms with E-state index in [0.29, 0.717) is 55.8 Å². The number of rotatable bonds is 6. The van der Waals surface area contributed by atoms with E-state index in [9.17, 15) is 13.2 Å². The molecule has 2 saturated carbocycles. The number of hydrogen-bond donors (Lipinski definition) is 2. The number of piperidine rings is 1. The van der Waals surface area contributed by atoms with E-state index in [-0.39, 0.29) is 18.0 Å². The van der Waals surface area contributed by atoms with Gasteiger partial charge in [-0.25, -0.2) is 0 Å². The van der Waals surface area contributed by atoms with Crippen molar-refractivity contribution in [1.82, 2.24) is 19.5 Å². The molecule has 4 aliphatic rings. The number of aromatic nitrogens is 1. The SMILES string of the molecule is O=C(N[C@H]1CC=CC[C@H](NS(=O)(=O)N2C[C@@H]3CC[C@@H](C3)C2)C1)c1cc(C2CC2)on1. The lowest BCUT2D eigenvalue weighted by atomic mass is 10.0. The summed E-state index contributed by atoms with van der Waals surface area (Å²) in [6.45, 7) is 1.26. The van der Waals surface area contributed by atoms with E-state index >= 15 is 0 Å². The molecule has 4 atom stereocenters. The molecule has 2 bridgehead atoms. The molecule has 3 fully saturated rings. The van der Waals surface area contributed by atoms with Crippen LogP contribution in [0.25, 0.3) is 0 Å². The highest BCUT2D eigenvalue weighted by Crippen LogP contribution is 2.40. The summed E-state index contributed by atoms with van der Waals surface area (Å²) in [7, 11) is -3.52. The molecule has 1 saturated heterocycles. The lowest BCUT2D eigenvalue weighted by Gasteiger charge is -2.32. The summed E-state index contributed by atoms with van der Waals surface area (Å²) in [6, 6.07) is 1.34. The highest BCUT2D eigenvalue weighted by atomic mass is 32.2. The highest BCUT2D eigenvalue weighted by molar-refractivity contribution is 7.87. The zero-order chi connectivity index (χ0) is 20.7. The molecule has 0 spiro atoms. The molecule has 1 aliphatic heterocycles. The summed E-state index contributed by atoms with van der Waals surface area (Å²) in [5.74, 6) is 1.93. The lowest BCUT2D eigenvalue weighted by molar-refractivity contribution is 0.0925. The average molecular weight is 435 g/mol. The average Bonchev–Trinajstić information content (AvgIpc) is 3.40. The van der Waals surface area contributed by atoms with Gasteiger partial charge in [0.05, 0.1) is 0 Å². The van der Waals surface area contributed by atoms with Gasteiger partial charge < -0.3 is 9.84 Å². The van der Waals surface area contributed by atoms with Crippen molar-refractivity contribution < 1.29 is 17.7 Å². The Balaban J connectivity index is 1.19. The fraction of sp³-hybridized carbons (Fsp3) is 0.714. The van der Waals surface area contributed by atoms with E-state index in [1.165, 1.54) is 0 Å². The Bertz CT molecular complexity index is 911. The maximum Gasteiger partial charge on any atom is 0.279 e. The van der Waals surface area contributed by atoms with Gasteiger partial charge in [-0.15, -0.1) is 0 Å². The second kappa shape index (κ2) is 8.09. The van der Waals surface area contributed by atoms with Gasteiger partial charge in [0.1, 0.15) is 5.76 Å². The molecule has 5 rings (SSSR count). The molecule has 9 heteroatoms. The van der Waals surface area contributed by atoms with E-state index in [2.05, 4.69) is 15.2 Å². The van der Waals surface area contributed by atoms with Gasteiger partial charge in [0.2, 0.25) is 0 Å². The van der Waals surface area contributed by atoms with E-state index in [4.69, 9.17) is 4.52 Å². The minimum Gasteiger partial charge on any atom is -0.360 e. The Labute approximate surface area is 177 Å². The van der Waals surface area contributed by atoms with Crippen molar-refractivity contribution in [2.24, 2.45) is 11.8 Å². The van der Waals surface area contributed by atoms with Crippen molar-refractivity contribution >= 4 is 16.1 Å². The number of nitrogens with one attached hydrogen (secondary N) is 2. The van der Waals surface area contributed by atoms with Crippen LogP contribution < -0.4 is 10.0 Å². The first-order valence-corrected chi connectivity index (χ1v) is 12.6. The fourth-order valence-electron chi connectivity index (χ4n) is 5.13. The quantitative estimate of drug-likeness (QED) is 0.669. The molecular formula is C21H30N4O4S. The number of hydrogen-bond acceptors (Lipinski definition) is 5. The fourth-order valence-corrected chi connectivity index (χ4v) is 6.71. The van der Waals surface area contributed by atoms with Gasteiger partial charge in [-0.05, 0) is 63.2 Å². The van der Waals surface area contributed by atoms with Crippen LogP contribution in [-0.4, -0.2) is 49.0 Å². The maximum absolute atomic E-state index is 13.0. The van der Waals surface area contributed by atoms with Crippen LogP contribution in [-0.2, 0) is 10.2 Å². The van der Waals surface area contributed by atoms with Gasteiger partial charge in [0, 0.05) is 37.2 Å². The van der Waals surface area contributed by atoms with Crippen molar-refractivity contribution in [1.29, 1.82) is 0 Å². The summed E-state index contributed by atoms with van der Waals surface area (Å²) < 4.78 is 35.8. The first kappa shape index (κ1) is 20.2. The van der Waals surface area contributed by atoms with E-state index in [1.807, 2.05) is 12.2 Å². The second-order valence-corrected chi connectivity index (χ2v) is 11.1. The first-order valence-electron chi connectivity index (χ1n) is 11.2. The predicted octanol–water partition coefficient (Wildman–Crippen LogP) is 2.33. The van der Waals surface area contributed by atoms with Crippen molar-refractivity contribution in [3.63, 3.8) is 0 Å². The van der Waals surface area contributed by atoms with E-state index in [0.717, 1.165) is 37.9 Å². The number of carbonyl (C=O) groups excluding carboxylic acids is 1. The van der Waals surface area contributed by atoms with Crippen LogP contribution in [0.15, 0.2) is 22.7 Å². The van der Waals surface area contributed by atoms with Crippen LogP contribution in [0.3, 0.4) is 0 Å². The van der Waals surface area contributed by atoms with E-state index < -0.39 is 10.2 Å².